The second kappa shape index (κ2) is 8.88. The van der Waals surface area contributed by atoms with E-state index in [0.717, 1.165) is 0 Å². The van der Waals surface area contributed by atoms with Crippen LogP contribution in [0.25, 0.3) is 0 Å². The van der Waals surface area contributed by atoms with Gasteiger partial charge in [0.25, 0.3) is 0 Å². The van der Waals surface area contributed by atoms with E-state index in [4.69, 9.17) is 14.7 Å². The van der Waals surface area contributed by atoms with Crippen molar-refractivity contribution in [2.45, 2.75) is 0 Å². The molecule has 28 heavy (non-hydrogen) atoms. The number of aromatic carboxylic acids is 2. The minimum Gasteiger partial charge on any atom is -0.478 e. The van der Waals surface area contributed by atoms with E-state index < -0.39 is 20.4 Å². The summed E-state index contributed by atoms with van der Waals surface area (Å²) < 4.78 is 5.99. The molecule has 8 heteroatoms. The van der Waals surface area contributed by atoms with Gasteiger partial charge in [0, 0.05) is 11.4 Å². The normalized spacial score (nSPS) is 10.3. The van der Waals surface area contributed by atoms with Crippen LogP contribution in [0, 0.1) is 0 Å². The van der Waals surface area contributed by atoms with Crippen LogP contribution in [0.2, 0.25) is 0 Å². The number of hydrogen-bond acceptors (Lipinski definition) is 5. The molecular formula is C20H17N2O5P. The standard InChI is InChI=1S/C20H17N2O5P/c23-19(24)14-6-10-16(11-7-14)21-28(27-18-4-2-1-3-5-18)22-17-12-8-15(9-13-17)20(25)26/h1-13,21-22H,(H,23,24)(H,25,26). The fourth-order valence-corrected chi connectivity index (χ4v) is 3.52. The van der Waals surface area contributed by atoms with E-state index in [0.29, 0.717) is 17.1 Å². The molecule has 0 atom stereocenters. The fraction of sp³-hybridized carbons (Fsp3) is 0. The molecule has 0 heterocycles. The Morgan fingerprint density at radius 2 is 1.11 bits per heavy atom. The lowest BCUT2D eigenvalue weighted by Gasteiger charge is -2.21. The van der Waals surface area contributed by atoms with Crippen LogP contribution in [0.4, 0.5) is 11.4 Å². The van der Waals surface area contributed by atoms with E-state index in [1.807, 2.05) is 30.3 Å². The molecule has 4 N–H and O–H groups in total. The lowest BCUT2D eigenvalue weighted by Crippen LogP contribution is -2.07. The lowest BCUT2D eigenvalue weighted by atomic mass is 10.2. The first kappa shape index (κ1) is 19.2. The smallest absolute Gasteiger partial charge is 0.335 e. The monoisotopic (exact) mass is 396 g/mol. The third kappa shape index (κ3) is 5.22. The van der Waals surface area contributed by atoms with E-state index in [9.17, 15) is 9.59 Å². The summed E-state index contributed by atoms with van der Waals surface area (Å²) in [6.45, 7) is 0. The fourth-order valence-electron chi connectivity index (χ4n) is 2.27. The van der Waals surface area contributed by atoms with Crippen molar-refractivity contribution in [2.75, 3.05) is 10.2 Å². The molecule has 7 nitrogen and oxygen atoms in total. The van der Waals surface area contributed by atoms with Crippen LogP contribution < -0.4 is 14.7 Å². The van der Waals surface area contributed by atoms with Gasteiger partial charge in [0.05, 0.1) is 11.1 Å². The van der Waals surface area contributed by atoms with Gasteiger partial charge in [0.15, 0.2) is 0 Å². The van der Waals surface area contributed by atoms with E-state index in [1.54, 1.807) is 24.3 Å². The minimum atomic E-state index is -1.43. The first-order chi connectivity index (χ1) is 13.5. The van der Waals surface area contributed by atoms with Crippen LogP contribution in [0.3, 0.4) is 0 Å². The molecule has 0 bridgehead atoms. The molecule has 0 aliphatic heterocycles. The predicted molar refractivity (Wildman–Crippen MR) is 108 cm³/mol. The first-order valence-electron chi connectivity index (χ1n) is 8.24. The second-order valence-electron chi connectivity index (χ2n) is 5.69. The van der Waals surface area contributed by atoms with Gasteiger partial charge in [-0.1, -0.05) is 18.2 Å². The Morgan fingerprint density at radius 1 is 0.679 bits per heavy atom. The minimum absolute atomic E-state index is 0.191. The molecule has 0 saturated carbocycles. The third-order valence-electron chi connectivity index (χ3n) is 3.66. The van der Waals surface area contributed by atoms with Gasteiger partial charge in [-0.25, -0.2) is 9.59 Å². The van der Waals surface area contributed by atoms with E-state index in [2.05, 4.69) is 10.2 Å². The summed E-state index contributed by atoms with van der Waals surface area (Å²) in [4.78, 5) is 22.0. The number of carbonyl (C=O) groups is 2. The SMILES string of the molecule is O=C(O)c1ccc(NP(Nc2ccc(C(=O)O)cc2)Oc2ccccc2)cc1. The number of rotatable bonds is 8. The summed E-state index contributed by atoms with van der Waals surface area (Å²) in [5.74, 6) is -1.34. The van der Waals surface area contributed by atoms with Gasteiger partial charge in [-0.15, -0.1) is 0 Å². The molecular weight excluding hydrogens is 379 g/mol. The molecule has 0 aromatic heterocycles. The first-order valence-corrected chi connectivity index (χ1v) is 9.50. The number of para-hydroxylation sites is 1. The predicted octanol–water partition coefficient (Wildman–Crippen LogP) is 4.91. The highest BCUT2D eigenvalue weighted by Gasteiger charge is 2.14. The molecule has 3 aromatic rings. The molecule has 0 saturated heterocycles. The Balaban J connectivity index is 1.77. The molecule has 0 aliphatic carbocycles. The summed E-state index contributed by atoms with van der Waals surface area (Å²) in [5, 5.41) is 24.4. The summed E-state index contributed by atoms with van der Waals surface area (Å²) in [6.07, 6.45) is 0. The summed E-state index contributed by atoms with van der Waals surface area (Å²) in [7, 11) is -1.43. The number of carboxylic acid groups (broad SMARTS) is 2. The maximum atomic E-state index is 11.0. The van der Waals surface area contributed by atoms with Crippen LogP contribution in [-0.2, 0) is 0 Å². The lowest BCUT2D eigenvalue weighted by molar-refractivity contribution is 0.0686. The van der Waals surface area contributed by atoms with Gasteiger partial charge in [-0.05, 0) is 60.7 Å². The highest BCUT2D eigenvalue weighted by Crippen LogP contribution is 2.39. The zero-order valence-electron chi connectivity index (χ0n) is 14.6. The Bertz CT molecular complexity index is 887. The van der Waals surface area contributed by atoms with Gasteiger partial charge < -0.3 is 24.9 Å². The average molecular weight is 396 g/mol. The molecule has 0 fully saturated rings. The van der Waals surface area contributed by atoms with Crippen molar-refractivity contribution in [3.05, 3.63) is 90.0 Å². The summed E-state index contributed by atoms with van der Waals surface area (Å²) in [6, 6.07) is 21.9. The number of benzene rings is 3. The maximum absolute atomic E-state index is 11.0. The average Bonchev–Trinajstić information content (AvgIpc) is 2.69. The highest BCUT2D eigenvalue weighted by molar-refractivity contribution is 7.56. The maximum Gasteiger partial charge on any atom is 0.335 e. The quantitative estimate of drug-likeness (QED) is 0.401. The van der Waals surface area contributed by atoms with Crippen molar-refractivity contribution in [3.8, 4) is 5.75 Å². The van der Waals surface area contributed by atoms with Gasteiger partial charge in [0.1, 0.15) is 5.75 Å². The van der Waals surface area contributed by atoms with Gasteiger partial charge >= 0.3 is 20.4 Å². The Kier molecular flexibility index (Phi) is 6.09. The Labute approximate surface area is 162 Å². The largest absolute Gasteiger partial charge is 0.478 e. The van der Waals surface area contributed by atoms with E-state index >= 15 is 0 Å². The van der Waals surface area contributed by atoms with Gasteiger partial charge in [-0.2, -0.15) is 0 Å². The number of nitrogens with one attached hydrogen (secondary N) is 2. The Morgan fingerprint density at radius 3 is 1.50 bits per heavy atom. The van der Waals surface area contributed by atoms with Gasteiger partial charge in [-0.3, -0.25) is 0 Å². The topological polar surface area (TPSA) is 108 Å². The second-order valence-corrected chi connectivity index (χ2v) is 6.91. The van der Waals surface area contributed by atoms with Crippen molar-refractivity contribution in [1.82, 2.24) is 0 Å². The van der Waals surface area contributed by atoms with Crippen LogP contribution in [-0.4, -0.2) is 22.2 Å². The molecule has 0 amide bonds. The molecule has 0 unspecified atom stereocenters. The van der Waals surface area contributed by atoms with Crippen molar-refractivity contribution in [3.63, 3.8) is 0 Å². The van der Waals surface area contributed by atoms with Crippen LogP contribution in [0.15, 0.2) is 78.9 Å². The zero-order chi connectivity index (χ0) is 19.9. The van der Waals surface area contributed by atoms with Crippen LogP contribution in [0.5, 0.6) is 5.75 Å². The number of anilines is 2. The molecule has 3 aromatic carbocycles. The number of carboxylic acids is 2. The molecule has 0 aliphatic rings. The zero-order valence-corrected chi connectivity index (χ0v) is 15.5. The van der Waals surface area contributed by atoms with Crippen molar-refractivity contribution in [1.29, 1.82) is 0 Å². The van der Waals surface area contributed by atoms with Crippen LogP contribution >= 0.6 is 8.45 Å². The molecule has 0 spiro atoms. The third-order valence-corrected chi connectivity index (χ3v) is 4.98. The number of hydrogen-bond donors (Lipinski definition) is 4. The summed E-state index contributed by atoms with van der Waals surface area (Å²) >= 11 is 0. The van der Waals surface area contributed by atoms with Crippen LogP contribution in [0.1, 0.15) is 20.7 Å². The van der Waals surface area contributed by atoms with Crippen molar-refractivity contribution >= 4 is 31.8 Å². The molecule has 142 valence electrons. The van der Waals surface area contributed by atoms with Crippen molar-refractivity contribution < 1.29 is 24.3 Å². The van der Waals surface area contributed by atoms with E-state index in [-0.39, 0.29) is 11.1 Å². The molecule has 3 rings (SSSR count). The van der Waals surface area contributed by atoms with E-state index in [1.165, 1.54) is 24.3 Å². The van der Waals surface area contributed by atoms with Crippen molar-refractivity contribution in [2.24, 2.45) is 0 Å². The summed E-state index contributed by atoms with van der Waals surface area (Å²) in [5.41, 5.74) is 1.75. The highest BCUT2D eigenvalue weighted by atomic mass is 31.2. The Hall–Kier alpha value is -3.57. The van der Waals surface area contributed by atoms with Gasteiger partial charge in [0.2, 0.25) is 0 Å². The molecule has 0 radical (unpaired) electrons.